The maximum absolute atomic E-state index is 13.9. The van der Waals surface area contributed by atoms with E-state index >= 15 is 0 Å². The van der Waals surface area contributed by atoms with Crippen LogP contribution in [0.3, 0.4) is 0 Å². The van der Waals surface area contributed by atoms with Crippen molar-refractivity contribution in [2.45, 2.75) is 6.18 Å². The summed E-state index contributed by atoms with van der Waals surface area (Å²) < 4.78 is 57.7. The van der Waals surface area contributed by atoms with Crippen molar-refractivity contribution in [1.29, 1.82) is 0 Å². The molecule has 5 nitrogen and oxygen atoms in total. The Morgan fingerprint density at radius 2 is 2.00 bits per heavy atom. The van der Waals surface area contributed by atoms with Gasteiger partial charge in [0.2, 0.25) is 17.4 Å². The first-order chi connectivity index (χ1) is 11.6. The second kappa shape index (κ2) is 7.49. The topological polar surface area (TPSA) is 48.6 Å². The van der Waals surface area contributed by atoms with Gasteiger partial charge in [-0.2, -0.15) is 22.7 Å². The molecule has 0 unspecified atom stereocenters. The van der Waals surface area contributed by atoms with Crippen LogP contribution in [0.1, 0.15) is 11.3 Å². The third-order valence-electron chi connectivity index (χ3n) is 3.00. The Labute approximate surface area is 149 Å². The quantitative estimate of drug-likeness (QED) is 0.427. The van der Waals surface area contributed by atoms with E-state index in [4.69, 9.17) is 27.9 Å². The van der Waals surface area contributed by atoms with E-state index in [2.05, 4.69) is 15.1 Å². The number of ether oxygens (including phenoxy) is 1. The van der Waals surface area contributed by atoms with Gasteiger partial charge in [-0.15, -0.1) is 0 Å². The molecule has 136 valence electrons. The number of rotatable bonds is 5. The minimum Gasteiger partial charge on any atom is -0.469 e. The van der Waals surface area contributed by atoms with Gasteiger partial charge in [0.05, 0.1) is 5.02 Å². The number of aromatic nitrogens is 2. The summed E-state index contributed by atoms with van der Waals surface area (Å²) in [6.45, 7) is -0.414. The summed E-state index contributed by atoms with van der Waals surface area (Å²) in [7, 11) is 2.38. The highest BCUT2D eigenvalue weighted by molar-refractivity contribution is 6.37. The average molecular weight is 400 g/mol. The van der Waals surface area contributed by atoms with Crippen molar-refractivity contribution in [1.82, 2.24) is 9.78 Å². The van der Waals surface area contributed by atoms with Crippen molar-refractivity contribution in [3.8, 4) is 5.88 Å². The highest BCUT2D eigenvalue weighted by Crippen LogP contribution is 2.34. The van der Waals surface area contributed by atoms with Gasteiger partial charge in [0.1, 0.15) is 19.4 Å². The lowest BCUT2D eigenvalue weighted by molar-refractivity contribution is -0.143. The Morgan fingerprint density at radius 1 is 1.32 bits per heavy atom. The van der Waals surface area contributed by atoms with E-state index < -0.39 is 30.2 Å². The van der Waals surface area contributed by atoms with Gasteiger partial charge < -0.3 is 9.57 Å². The number of hydrogen-bond acceptors (Lipinski definition) is 4. The molecule has 2 rings (SSSR count). The standard InChI is InChI=1S/C14H11Cl2F4N3O2/c1-23-13(11(17)12(21-23)14(18,19)20)25-6-10(22-24-2)8-4-3-7(15)5-9(8)16/h3-5H,6H2,1-2H3/b22-10+. The fourth-order valence-corrected chi connectivity index (χ4v) is 2.46. The van der Waals surface area contributed by atoms with E-state index in [1.54, 1.807) is 0 Å². The summed E-state index contributed by atoms with van der Waals surface area (Å²) in [5.74, 6) is -2.31. The zero-order valence-corrected chi connectivity index (χ0v) is 14.4. The molecule has 0 aliphatic heterocycles. The van der Waals surface area contributed by atoms with Crippen LogP contribution in [0.15, 0.2) is 23.4 Å². The van der Waals surface area contributed by atoms with Crippen LogP contribution in [0, 0.1) is 5.82 Å². The van der Waals surface area contributed by atoms with Crippen LogP contribution in [0.4, 0.5) is 17.6 Å². The molecule has 0 radical (unpaired) electrons. The Kier molecular flexibility index (Phi) is 5.79. The molecule has 0 fully saturated rings. The molecular formula is C14H11Cl2F4N3O2. The van der Waals surface area contributed by atoms with Gasteiger partial charge in [-0.05, 0) is 18.2 Å². The molecule has 1 aromatic carbocycles. The minimum absolute atomic E-state index is 0.123. The van der Waals surface area contributed by atoms with Gasteiger partial charge in [0.15, 0.2) is 0 Å². The second-order valence-electron chi connectivity index (χ2n) is 4.72. The van der Waals surface area contributed by atoms with Crippen LogP contribution >= 0.6 is 23.2 Å². The van der Waals surface area contributed by atoms with Gasteiger partial charge in [0.25, 0.3) is 0 Å². The summed E-state index contributed by atoms with van der Waals surface area (Å²) in [6.07, 6.45) is -4.94. The molecule has 1 aromatic heterocycles. The third-order valence-corrected chi connectivity index (χ3v) is 3.55. The highest BCUT2D eigenvalue weighted by Gasteiger charge is 2.40. The number of aryl methyl sites for hydroxylation is 1. The van der Waals surface area contributed by atoms with Gasteiger partial charge in [-0.3, -0.25) is 0 Å². The first kappa shape index (κ1) is 19.3. The lowest BCUT2D eigenvalue weighted by atomic mass is 10.1. The number of benzene rings is 1. The molecule has 0 bridgehead atoms. The largest absolute Gasteiger partial charge is 0.469 e. The molecule has 1 heterocycles. The zero-order valence-electron chi connectivity index (χ0n) is 12.9. The van der Waals surface area contributed by atoms with Crippen molar-refractivity contribution in [3.05, 3.63) is 45.3 Å². The molecule has 2 aromatic rings. The van der Waals surface area contributed by atoms with E-state index in [0.717, 1.165) is 7.05 Å². The molecule has 0 spiro atoms. The van der Waals surface area contributed by atoms with Gasteiger partial charge >= 0.3 is 6.18 Å². The molecular weight excluding hydrogens is 389 g/mol. The first-order valence-electron chi connectivity index (χ1n) is 6.63. The van der Waals surface area contributed by atoms with Crippen LogP contribution < -0.4 is 4.74 Å². The first-order valence-corrected chi connectivity index (χ1v) is 7.38. The van der Waals surface area contributed by atoms with Crippen molar-refractivity contribution in [2.75, 3.05) is 13.7 Å². The Hall–Kier alpha value is -2.00. The van der Waals surface area contributed by atoms with E-state index in [1.807, 2.05) is 0 Å². The fourth-order valence-electron chi connectivity index (χ4n) is 1.94. The van der Waals surface area contributed by atoms with Gasteiger partial charge in [0, 0.05) is 17.6 Å². The van der Waals surface area contributed by atoms with Crippen molar-refractivity contribution in [3.63, 3.8) is 0 Å². The molecule has 0 saturated heterocycles. The predicted molar refractivity (Wildman–Crippen MR) is 83.7 cm³/mol. The van der Waals surface area contributed by atoms with Crippen molar-refractivity contribution in [2.24, 2.45) is 12.2 Å². The van der Waals surface area contributed by atoms with Crippen LogP contribution in [-0.4, -0.2) is 29.2 Å². The minimum atomic E-state index is -4.94. The van der Waals surface area contributed by atoms with Crippen LogP contribution in [0.25, 0.3) is 0 Å². The summed E-state index contributed by atoms with van der Waals surface area (Å²) in [5, 5.41) is 7.38. The molecule has 0 atom stereocenters. The van der Waals surface area contributed by atoms with Crippen LogP contribution in [-0.2, 0) is 18.1 Å². The molecule has 0 aliphatic carbocycles. The lowest BCUT2D eigenvalue weighted by Crippen LogP contribution is -2.16. The smallest absolute Gasteiger partial charge is 0.438 e. The molecule has 0 aliphatic rings. The maximum atomic E-state index is 13.9. The lowest BCUT2D eigenvalue weighted by Gasteiger charge is -2.10. The molecule has 0 N–H and O–H groups in total. The third kappa shape index (κ3) is 4.35. The number of oxime groups is 1. The number of nitrogens with zero attached hydrogens (tertiary/aromatic N) is 3. The van der Waals surface area contributed by atoms with Gasteiger partial charge in [-0.25, -0.2) is 4.68 Å². The predicted octanol–water partition coefficient (Wildman–Crippen LogP) is 4.31. The second-order valence-corrected chi connectivity index (χ2v) is 5.57. The average Bonchev–Trinajstić information content (AvgIpc) is 2.79. The molecule has 11 heteroatoms. The number of hydrogen-bond donors (Lipinski definition) is 0. The summed E-state index contributed by atoms with van der Waals surface area (Å²) in [6, 6.07) is 4.49. The van der Waals surface area contributed by atoms with Crippen molar-refractivity contribution < 1.29 is 27.1 Å². The fraction of sp³-hybridized carbons (Fsp3) is 0.286. The number of halogens is 6. The van der Waals surface area contributed by atoms with E-state index in [1.165, 1.54) is 25.3 Å². The Bertz CT molecular complexity index is 806. The van der Waals surface area contributed by atoms with E-state index in [9.17, 15) is 17.6 Å². The summed E-state index contributed by atoms with van der Waals surface area (Å²) in [4.78, 5) is 4.67. The van der Waals surface area contributed by atoms with Crippen LogP contribution in [0.5, 0.6) is 5.88 Å². The molecule has 25 heavy (non-hydrogen) atoms. The monoisotopic (exact) mass is 399 g/mol. The van der Waals surface area contributed by atoms with Gasteiger partial charge in [-0.1, -0.05) is 28.4 Å². The van der Waals surface area contributed by atoms with Crippen LogP contribution in [0.2, 0.25) is 10.0 Å². The highest BCUT2D eigenvalue weighted by atomic mass is 35.5. The van der Waals surface area contributed by atoms with E-state index in [0.29, 0.717) is 15.3 Å². The molecule has 0 amide bonds. The maximum Gasteiger partial charge on any atom is 0.438 e. The van der Waals surface area contributed by atoms with Crippen molar-refractivity contribution >= 4 is 28.9 Å². The molecule has 0 saturated carbocycles. The zero-order chi connectivity index (χ0) is 18.8. The SMILES string of the molecule is CO/N=C(\COc1c(F)c(C(F)(F)F)nn1C)c1ccc(Cl)cc1Cl. The normalized spacial score (nSPS) is 12.4. The Morgan fingerprint density at radius 3 is 2.52 bits per heavy atom. The number of alkyl halides is 3. The van der Waals surface area contributed by atoms with E-state index in [-0.39, 0.29) is 10.7 Å². The summed E-state index contributed by atoms with van der Waals surface area (Å²) in [5.41, 5.74) is -1.18. The summed E-state index contributed by atoms with van der Waals surface area (Å²) >= 11 is 11.9. The Balaban J connectivity index is 2.29.